The average Bonchev–Trinajstić information content (AvgIpc) is 3.17. The number of benzene rings is 2. The Morgan fingerprint density at radius 1 is 1.10 bits per heavy atom. The standard InChI is InChI=1S/C23H22N4O2/c1-15-6-4-7-16(10-15)13-27(2)22-19-12-20(26-21(19)24-14-25-22)17-8-5-9-18(11-17)23(28)29-3/h4-12,14H,13H2,1-3H3,(H,24,25,26). The number of aryl methyl sites for hydroxylation is 1. The van der Waals surface area contributed by atoms with Crippen LogP contribution in [0.2, 0.25) is 0 Å². The molecule has 0 unspecified atom stereocenters. The number of nitrogens with zero attached hydrogens (tertiary/aromatic N) is 3. The van der Waals surface area contributed by atoms with Crippen LogP contribution < -0.4 is 4.90 Å². The quantitative estimate of drug-likeness (QED) is 0.516. The maximum atomic E-state index is 11.8. The minimum Gasteiger partial charge on any atom is -0.465 e. The predicted molar refractivity (Wildman–Crippen MR) is 114 cm³/mol. The summed E-state index contributed by atoms with van der Waals surface area (Å²) in [5, 5.41) is 0.932. The summed E-state index contributed by atoms with van der Waals surface area (Å²) >= 11 is 0. The summed E-state index contributed by atoms with van der Waals surface area (Å²) in [6, 6.07) is 17.8. The first-order chi connectivity index (χ1) is 14.0. The number of hydrogen-bond donors (Lipinski definition) is 1. The summed E-state index contributed by atoms with van der Waals surface area (Å²) in [5.41, 5.74) is 5.48. The third-order valence-corrected chi connectivity index (χ3v) is 4.86. The van der Waals surface area contributed by atoms with Gasteiger partial charge < -0.3 is 14.6 Å². The lowest BCUT2D eigenvalue weighted by Crippen LogP contribution is -2.18. The molecule has 0 aliphatic carbocycles. The van der Waals surface area contributed by atoms with Crippen LogP contribution in [0.4, 0.5) is 5.82 Å². The van der Waals surface area contributed by atoms with Crippen molar-refractivity contribution >= 4 is 22.8 Å². The van der Waals surface area contributed by atoms with Crippen molar-refractivity contribution in [1.29, 1.82) is 0 Å². The topological polar surface area (TPSA) is 71.1 Å². The van der Waals surface area contributed by atoms with Gasteiger partial charge in [0.05, 0.1) is 18.1 Å². The lowest BCUT2D eigenvalue weighted by molar-refractivity contribution is 0.0601. The zero-order chi connectivity index (χ0) is 20.4. The second kappa shape index (κ2) is 7.75. The molecule has 0 saturated heterocycles. The molecule has 0 spiro atoms. The lowest BCUT2D eigenvalue weighted by Gasteiger charge is -2.19. The largest absolute Gasteiger partial charge is 0.465 e. The Bertz CT molecular complexity index is 1180. The first kappa shape index (κ1) is 18.7. The SMILES string of the molecule is COC(=O)c1cccc(-c2cc3c(N(C)Cc4cccc(C)c4)ncnc3[nH]2)c1. The minimum atomic E-state index is -0.360. The molecule has 0 saturated carbocycles. The normalized spacial score (nSPS) is 10.9. The van der Waals surface area contributed by atoms with E-state index in [0.29, 0.717) is 5.56 Å². The van der Waals surface area contributed by atoms with E-state index >= 15 is 0 Å². The Kier molecular flexibility index (Phi) is 4.99. The maximum Gasteiger partial charge on any atom is 0.337 e. The lowest BCUT2D eigenvalue weighted by atomic mass is 10.1. The van der Waals surface area contributed by atoms with E-state index in [1.165, 1.54) is 18.2 Å². The van der Waals surface area contributed by atoms with Gasteiger partial charge in [-0.15, -0.1) is 0 Å². The third-order valence-electron chi connectivity index (χ3n) is 4.86. The molecule has 2 aromatic heterocycles. The Labute approximate surface area is 169 Å². The molecule has 0 atom stereocenters. The number of methoxy groups -OCH3 is 1. The fourth-order valence-electron chi connectivity index (χ4n) is 3.48. The Morgan fingerprint density at radius 2 is 1.93 bits per heavy atom. The van der Waals surface area contributed by atoms with Crippen LogP contribution in [0.3, 0.4) is 0 Å². The number of aromatic amines is 1. The third kappa shape index (κ3) is 3.82. The summed E-state index contributed by atoms with van der Waals surface area (Å²) in [6.07, 6.45) is 1.57. The maximum absolute atomic E-state index is 11.8. The number of rotatable bonds is 5. The van der Waals surface area contributed by atoms with Gasteiger partial charge in [-0.25, -0.2) is 14.8 Å². The van der Waals surface area contributed by atoms with Crippen molar-refractivity contribution in [3.05, 3.63) is 77.6 Å². The van der Waals surface area contributed by atoms with Crippen molar-refractivity contribution in [2.24, 2.45) is 0 Å². The number of H-pyrrole nitrogens is 1. The molecule has 1 N–H and O–H groups in total. The van der Waals surface area contributed by atoms with Crippen molar-refractivity contribution in [2.75, 3.05) is 19.1 Å². The molecule has 0 amide bonds. The van der Waals surface area contributed by atoms with Gasteiger partial charge >= 0.3 is 5.97 Å². The number of anilines is 1. The molecule has 6 heteroatoms. The van der Waals surface area contributed by atoms with Gasteiger partial charge in [-0.1, -0.05) is 42.0 Å². The zero-order valence-corrected chi connectivity index (χ0v) is 16.6. The summed E-state index contributed by atoms with van der Waals surface area (Å²) < 4.78 is 4.82. The second-order valence-electron chi connectivity index (χ2n) is 7.06. The van der Waals surface area contributed by atoms with E-state index in [9.17, 15) is 4.79 Å². The number of hydrogen-bond acceptors (Lipinski definition) is 5. The average molecular weight is 386 g/mol. The van der Waals surface area contributed by atoms with E-state index in [-0.39, 0.29) is 5.97 Å². The number of carbonyl (C=O) groups is 1. The predicted octanol–water partition coefficient (Wildman–Crippen LogP) is 4.36. The Balaban J connectivity index is 1.69. The minimum absolute atomic E-state index is 0.360. The van der Waals surface area contributed by atoms with Gasteiger partial charge in [-0.2, -0.15) is 0 Å². The van der Waals surface area contributed by atoms with Crippen LogP contribution in [0.25, 0.3) is 22.3 Å². The van der Waals surface area contributed by atoms with Crippen LogP contribution in [0, 0.1) is 6.92 Å². The van der Waals surface area contributed by atoms with E-state index in [2.05, 4.69) is 51.0 Å². The molecule has 0 aliphatic rings. The van der Waals surface area contributed by atoms with Crippen molar-refractivity contribution < 1.29 is 9.53 Å². The molecule has 4 rings (SSSR count). The van der Waals surface area contributed by atoms with Crippen LogP contribution >= 0.6 is 0 Å². The van der Waals surface area contributed by atoms with E-state index in [1.54, 1.807) is 18.5 Å². The molecule has 0 bridgehead atoms. The van der Waals surface area contributed by atoms with E-state index in [4.69, 9.17) is 4.74 Å². The Hall–Kier alpha value is -3.67. The smallest absolute Gasteiger partial charge is 0.337 e. The highest BCUT2D eigenvalue weighted by Gasteiger charge is 2.14. The highest BCUT2D eigenvalue weighted by atomic mass is 16.5. The summed E-state index contributed by atoms with van der Waals surface area (Å²) in [6.45, 7) is 2.83. The highest BCUT2D eigenvalue weighted by molar-refractivity contribution is 5.94. The van der Waals surface area contributed by atoms with Crippen LogP contribution in [0.15, 0.2) is 60.9 Å². The summed E-state index contributed by atoms with van der Waals surface area (Å²) in [7, 11) is 3.40. The molecular formula is C23H22N4O2. The molecule has 0 radical (unpaired) electrons. The first-order valence-corrected chi connectivity index (χ1v) is 9.34. The molecule has 4 aromatic rings. The number of nitrogens with one attached hydrogen (secondary N) is 1. The van der Waals surface area contributed by atoms with Crippen molar-refractivity contribution in [3.8, 4) is 11.3 Å². The fraction of sp³-hybridized carbons (Fsp3) is 0.174. The van der Waals surface area contributed by atoms with Gasteiger partial charge in [0.15, 0.2) is 0 Å². The molecule has 6 nitrogen and oxygen atoms in total. The van der Waals surface area contributed by atoms with Gasteiger partial charge in [0.25, 0.3) is 0 Å². The van der Waals surface area contributed by atoms with Gasteiger partial charge in [0.1, 0.15) is 17.8 Å². The number of fused-ring (bicyclic) bond motifs is 1. The van der Waals surface area contributed by atoms with Crippen LogP contribution in [-0.2, 0) is 11.3 Å². The van der Waals surface area contributed by atoms with Crippen molar-refractivity contribution in [2.45, 2.75) is 13.5 Å². The second-order valence-corrected chi connectivity index (χ2v) is 7.06. The van der Waals surface area contributed by atoms with E-state index in [0.717, 1.165) is 34.7 Å². The molecule has 0 aliphatic heterocycles. The van der Waals surface area contributed by atoms with Crippen LogP contribution in [0.5, 0.6) is 0 Å². The van der Waals surface area contributed by atoms with Gasteiger partial charge in [-0.3, -0.25) is 0 Å². The molecule has 146 valence electrons. The molecule has 2 aromatic carbocycles. The summed E-state index contributed by atoms with van der Waals surface area (Å²) in [4.78, 5) is 26.2. The molecule has 29 heavy (non-hydrogen) atoms. The molecule has 0 fully saturated rings. The van der Waals surface area contributed by atoms with Crippen molar-refractivity contribution in [3.63, 3.8) is 0 Å². The first-order valence-electron chi connectivity index (χ1n) is 9.34. The van der Waals surface area contributed by atoms with E-state index in [1.807, 2.05) is 25.2 Å². The molecule has 2 heterocycles. The Morgan fingerprint density at radius 3 is 2.72 bits per heavy atom. The monoisotopic (exact) mass is 386 g/mol. The number of carbonyl (C=O) groups excluding carboxylic acids is 1. The highest BCUT2D eigenvalue weighted by Crippen LogP contribution is 2.29. The van der Waals surface area contributed by atoms with Crippen LogP contribution in [-0.4, -0.2) is 35.1 Å². The van der Waals surface area contributed by atoms with E-state index < -0.39 is 0 Å². The van der Waals surface area contributed by atoms with Crippen LogP contribution in [0.1, 0.15) is 21.5 Å². The number of esters is 1. The van der Waals surface area contributed by atoms with Crippen molar-refractivity contribution in [1.82, 2.24) is 15.0 Å². The van der Waals surface area contributed by atoms with Gasteiger partial charge in [0.2, 0.25) is 0 Å². The van der Waals surface area contributed by atoms with Gasteiger partial charge in [0, 0.05) is 19.3 Å². The number of aromatic nitrogens is 3. The number of ether oxygens (including phenoxy) is 1. The molecular weight excluding hydrogens is 364 g/mol. The van der Waals surface area contributed by atoms with Gasteiger partial charge in [-0.05, 0) is 36.2 Å². The summed E-state index contributed by atoms with van der Waals surface area (Å²) in [5.74, 6) is 0.490. The zero-order valence-electron chi connectivity index (χ0n) is 16.6. The fourth-order valence-corrected chi connectivity index (χ4v) is 3.48.